The van der Waals surface area contributed by atoms with Crippen molar-refractivity contribution in [1.82, 2.24) is 4.90 Å². The van der Waals surface area contributed by atoms with Crippen LogP contribution in [0.4, 0.5) is 0 Å². The van der Waals surface area contributed by atoms with Crippen LogP contribution in [-0.4, -0.2) is 29.8 Å². The van der Waals surface area contributed by atoms with Crippen LogP contribution in [0.5, 0.6) is 0 Å². The van der Waals surface area contributed by atoms with E-state index in [0.717, 1.165) is 19.4 Å². The Morgan fingerprint density at radius 2 is 2.30 bits per heavy atom. The molecule has 2 rings (SSSR count). The van der Waals surface area contributed by atoms with Gasteiger partial charge in [0.1, 0.15) is 5.78 Å². The van der Waals surface area contributed by atoms with Crippen LogP contribution in [0.1, 0.15) is 25.7 Å². The molecular weight excluding hydrogens is 126 g/mol. The molecule has 0 spiro atoms. The smallest absolute Gasteiger partial charge is 0.135 e. The maximum Gasteiger partial charge on any atom is 0.135 e. The first-order valence-corrected chi connectivity index (χ1v) is 4.12. The molecule has 0 bridgehead atoms. The largest absolute Gasteiger partial charge is 0.300 e. The summed E-state index contributed by atoms with van der Waals surface area (Å²) in [5, 5.41) is 0. The summed E-state index contributed by atoms with van der Waals surface area (Å²) in [6, 6.07) is 0.626. The molecule has 56 valence electrons. The van der Waals surface area contributed by atoms with Crippen molar-refractivity contribution in [1.29, 1.82) is 0 Å². The number of rotatable bonds is 0. The Bertz CT molecular complexity index is 155. The third-order valence-corrected chi connectivity index (χ3v) is 2.64. The maximum absolute atomic E-state index is 11.0. The highest BCUT2D eigenvalue weighted by molar-refractivity contribution is 5.80. The molecule has 1 atom stereocenters. The molecule has 0 aromatic rings. The molecule has 0 N–H and O–H groups in total. The van der Waals surface area contributed by atoms with Crippen molar-refractivity contribution < 1.29 is 4.79 Å². The van der Waals surface area contributed by atoms with Gasteiger partial charge in [-0.1, -0.05) is 0 Å². The van der Waals surface area contributed by atoms with Crippen LogP contribution >= 0.6 is 0 Å². The number of Topliss-reactive ketones (excluding diaryl/α,β-unsaturated/α-hetero) is 1. The summed E-state index contributed by atoms with van der Waals surface area (Å²) >= 11 is 0. The molecule has 0 aromatic heterocycles. The van der Waals surface area contributed by atoms with Crippen LogP contribution in [0.2, 0.25) is 0 Å². The molecule has 2 saturated heterocycles. The number of hydrogen-bond donors (Lipinski definition) is 0. The van der Waals surface area contributed by atoms with E-state index >= 15 is 0 Å². The minimum atomic E-state index is 0.475. The van der Waals surface area contributed by atoms with Crippen LogP contribution < -0.4 is 0 Å². The van der Waals surface area contributed by atoms with E-state index in [1.54, 1.807) is 0 Å². The topological polar surface area (TPSA) is 20.3 Å². The Kier molecular flexibility index (Phi) is 1.49. The van der Waals surface area contributed by atoms with Gasteiger partial charge in [-0.05, 0) is 19.4 Å². The zero-order chi connectivity index (χ0) is 6.97. The van der Waals surface area contributed by atoms with Gasteiger partial charge in [-0.3, -0.25) is 9.69 Å². The van der Waals surface area contributed by atoms with Crippen LogP contribution in [0.15, 0.2) is 0 Å². The number of carbonyl (C=O) groups is 1. The lowest BCUT2D eigenvalue weighted by molar-refractivity contribution is -0.122. The number of fused-ring (bicyclic) bond motifs is 1. The SMILES string of the molecule is O=C1CCN2CCC[C@@H]2C1. The van der Waals surface area contributed by atoms with E-state index in [9.17, 15) is 4.79 Å². The zero-order valence-corrected chi connectivity index (χ0v) is 6.18. The molecule has 2 fully saturated rings. The molecule has 2 nitrogen and oxygen atoms in total. The normalized spacial score (nSPS) is 34.4. The van der Waals surface area contributed by atoms with Gasteiger partial charge in [-0.25, -0.2) is 0 Å². The summed E-state index contributed by atoms with van der Waals surface area (Å²) in [4.78, 5) is 13.4. The highest BCUT2D eigenvalue weighted by Crippen LogP contribution is 2.24. The zero-order valence-electron chi connectivity index (χ0n) is 6.18. The average Bonchev–Trinajstić information content (AvgIpc) is 2.33. The first kappa shape index (κ1) is 6.35. The third-order valence-electron chi connectivity index (χ3n) is 2.64. The van der Waals surface area contributed by atoms with Crippen molar-refractivity contribution in [3.63, 3.8) is 0 Å². The van der Waals surface area contributed by atoms with Gasteiger partial charge in [0.15, 0.2) is 0 Å². The van der Waals surface area contributed by atoms with Gasteiger partial charge >= 0.3 is 0 Å². The van der Waals surface area contributed by atoms with Crippen molar-refractivity contribution in [3.05, 3.63) is 0 Å². The highest BCUT2D eigenvalue weighted by atomic mass is 16.1. The monoisotopic (exact) mass is 139 g/mol. The van der Waals surface area contributed by atoms with Crippen molar-refractivity contribution in [2.75, 3.05) is 13.1 Å². The summed E-state index contributed by atoms with van der Waals surface area (Å²) in [6.07, 6.45) is 4.19. The van der Waals surface area contributed by atoms with E-state index in [2.05, 4.69) is 4.90 Å². The molecule has 0 unspecified atom stereocenters. The molecule has 0 amide bonds. The van der Waals surface area contributed by atoms with E-state index in [0.29, 0.717) is 11.8 Å². The molecule has 0 saturated carbocycles. The van der Waals surface area contributed by atoms with E-state index in [-0.39, 0.29) is 0 Å². The molecule has 2 heteroatoms. The minimum Gasteiger partial charge on any atom is -0.300 e. The van der Waals surface area contributed by atoms with Gasteiger partial charge in [0, 0.05) is 25.4 Å². The number of ketones is 1. The summed E-state index contributed by atoms with van der Waals surface area (Å²) in [5.41, 5.74) is 0. The predicted octanol–water partition coefficient (Wildman–Crippen LogP) is 0.814. The van der Waals surface area contributed by atoms with E-state index in [1.807, 2.05) is 0 Å². The lowest BCUT2D eigenvalue weighted by atomic mass is 10.0. The Morgan fingerprint density at radius 3 is 3.20 bits per heavy atom. The third kappa shape index (κ3) is 0.966. The first-order valence-electron chi connectivity index (χ1n) is 4.12. The Balaban J connectivity index is 2.03. The van der Waals surface area contributed by atoms with Crippen LogP contribution in [0.3, 0.4) is 0 Å². The van der Waals surface area contributed by atoms with Crippen molar-refractivity contribution >= 4 is 5.78 Å². The number of carbonyl (C=O) groups excluding carboxylic acids is 1. The maximum atomic E-state index is 11.0. The number of hydrogen-bond acceptors (Lipinski definition) is 2. The fourth-order valence-electron chi connectivity index (χ4n) is 2.05. The quantitative estimate of drug-likeness (QED) is 0.495. The van der Waals surface area contributed by atoms with Gasteiger partial charge in [-0.15, -0.1) is 0 Å². The van der Waals surface area contributed by atoms with Crippen LogP contribution in [0, 0.1) is 0 Å². The molecule has 2 heterocycles. The molecular formula is C8H13NO. The molecule has 0 aliphatic carbocycles. The Morgan fingerprint density at radius 1 is 1.40 bits per heavy atom. The molecule has 2 aliphatic rings. The predicted molar refractivity (Wildman–Crippen MR) is 38.8 cm³/mol. The lowest BCUT2D eigenvalue weighted by Crippen LogP contribution is -2.37. The first-order chi connectivity index (χ1) is 4.86. The molecule has 2 aliphatic heterocycles. The fourth-order valence-corrected chi connectivity index (χ4v) is 2.05. The van der Waals surface area contributed by atoms with Crippen molar-refractivity contribution in [2.24, 2.45) is 0 Å². The average molecular weight is 139 g/mol. The second-order valence-corrected chi connectivity index (χ2v) is 3.32. The minimum absolute atomic E-state index is 0.475. The van der Waals surface area contributed by atoms with Gasteiger partial charge in [0.2, 0.25) is 0 Å². The summed E-state index contributed by atoms with van der Waals surface area (Å²) in [7, 11) is 0. The summed E-state index contributed by atoms with van der Waals surface area (Å²) < 4.78 is 0. The molecule has 10 heavy (non-hydrogen) atoms. The van der Waals surface area contributed by atoms with Gasteiger partial charge in [0.05, 0.1) is 0 Å². The number of nitrogens with zero attached hydrogens (tertiary/aromatic N) is 1. The number of piperidine rings is 1. The van der Waals surface area contributed by atoms with Crippen LogP contribution in [-0.2, 0) is 4.79 Å². The van der Waals surface area contributed by atoms with Crippen LogP contribution in [0.25, 0.3) is 0 Å². The highest BCUT2D eigenvalue weighted by Gasteiger charge is 2.30. The fraction of sp³-hybridized carbons (Fsp3) is 0.875. The summed E-state index contributed by atoms with van der Waals surface area (Å²) in [5.74, 6) is 0.475. The second-order valence-electron chi connectivity index (χ2n) is 3.32. The lowest BCUT2D eigenvalue weighted by Gasteiger charge is -2.27. The van der Waals surface area contributed by atoms with E-state index < -0.39 is 0 Å². The van der Waals surface area contributed by atoms with Gasteiger partial charge in [-0.2, -0.15) is 0 Å². The Hall–Kier alpha value is -0.370. The van der Waals surface area contributed by atoms with Gasteiger partial charge < -0.3 is 0 Å². The molecule has 0 radical (unpaired) electrons. The van der Waals surface area contributed by atoms with Crippen molar-refractivity contribution in [2.45, 2.75) is 31.7 Å². The Labute approximate surface area is 61.2 Å². The van der Waals surface area contributed by atoms with E-state index in [4.69, 9.17) is 0 Å². The van der Waals surface area contributed by atoms with E-state index in [1.165, 1.54) is 19.4 Å². The molecule has 0 aromatic carbocycles. The standard InChI is InChI=1S/C8H13NO/c10-8-3-5-9-4-1-2-7(9)6-8/h7H,1-6H2/t7-/m1/s1. The summed E-state index contributed by atoms with van der Waals surface area (Å²) in [6.45, 7) is 2.27. The second kappa shape index (κ2) is 2.35. The van der Waals surface area contributed by atoms with Crippen molar-refractivity contribution in [3.8, 4) is 0 Å². The van der Waals surface area contributed by atoms with Gasteiger partial charge in [0.25, 0.3) is 0 Å².